The van der Waals surface area contributed by atoms with E-state index in [4.69, 9.17) is 5.11 Å². The van der Waals surface area contributed by atoms with Gasteiger partial charge < -0.3 is 15.3 Å². The monoisotopic (exact) mass is 260 g/mol. The number of carboxylic acid groups (broad SMARTS) is 1. The van der Waals surface area contributed by atoms with Gasteiger partial charge in [-0.15, -0.1) is 0 Å². The lowest BCUT2D eigenvalue weighted by atomic mass is 10.1. The van der Waals surface area contributed by atoms with E-state index in [1.807, 2.05) is 12.1 Å². The van der Waals surface area contributed by atoms with Crippen molar-refractivity contribution in [3.05, 3.63) is 29.3 Å². The standard InChI is InChI=1S/C14H16N2O3/c17-13(16-7-1-2-12(16)14(18)19)10-3-4-11-9(8-10)5-6-15-11/h3-4,8,12,15H,1-2,5-7H2,(H,18,19)/t12-/m1/s1. The van der Waals surface area contributed by atoms with E-state index in [0.29, 0.717) is 18.5 Å². The van der Waals surface area contributed by atoms with Crippen LogP contribution < -0.4 is 5.32 Å². The molecule has 1 aromatic rings. The molecule has 2 aliphatic rings. The van der Waals surface area contributed by atoms with E-state index >= 15 is 0 Å². The largest absolute Gasteiger partial charge is 0.480 e. The predicted molar refractivity (Wildman–Crippen MR) is 70.3 cm³/mol. The highest BCUT2D eigenvalue weighted by molar-refractivity contribution is 5.97. The SMILES string of the molecule is O=C(O)[C@H]1CCCN1C(=O)c1ccc2c(c1)CCN2. The number of anilines is 1. The van der Waals surface area contributed by atoms with Gasteiger partial charge in [-0.2, -0.15) is 0 Å². The molecule has 1 fully saturated rings. The summed E-state index contributed by atoms with van der Waals surface area (Å²) in [5, 5.41) is 12.4. The van der Waals surface area contributed by atoms with E-state index in [2.05, 4.69) is 5.32 Å². The molecule has 2 heterocycles. The van der Waals surface area contributed by atoms with Crippen molar-refractivity contribution in [1.82, 2.24) is 4.90 Å². The molecule has 19 heavy (non-hydrogen) atoms. The van der Waals surface area contributed by atoms with Gasteiger partial charge in [0.15, 0.2) is 0 Å². The van der Waals surface area contributed by atoms with Crippen LogP contribution in [-0.2, 0) is 11.2 Å². The van der Waals surface area contributed by atoms with Crippen molar-refractivity contribution in [1.29, 1.82) is 0 Å². The topological polar surface area (TPSA) is 69.6 Å². The van der Waals surface area contributed by atoms with Crippen LogP contribution in [0.25, 0.3) is 0 Å². The molecule has 1 amide bonds. The van der Waals surface area contributed by atoms with Crippen molar-refractivity contribution in [2.75, 3.05) is 18.4 Å². The summed E-state index contributed by atoms with van der Waals surface area (Å²) in [6.07, 6.45) is 2.22. The zero-order valence-corrected chi connectivity index (χ0v) is 10.6. The van der Waals surface area contributed by atoms with Gasteiger partial charge in [-0.25, -0.2) is 4.79 Å². The smallest absolute Gasteiger partial charge is 0.326 e. The normalized spacial score (nSPS) is 21.1. The molecule has 5 heteroatoms. The number of hydrogen-bond donors (Lipinski definition) is 2. The molecule has 2 aliphatic heterocycles. The zero-order chi connectivity index (χ0) is 13.4. The van der Waals surface area contributed by atoms with Crippen LogP contribution in [0.15, 0.2) is 18.2 Å². The molecule has 2 N–H and O–H groups in total. The van der Waals surface area contributed by atoms with Gasteiger partial charge in [0.05, 0.1) is 0 Å². The van der Waals surface area contributed by atoms with Gasteiger partial charge >= 0.3 is 5.97 Å². The van der Waals surface area contributed by atoms with E-state index in [0.717, 1.165) is 30.6 Å². The van der Waals surface area contributed by atoms with Crippen LogP contribution in [0.4, 0.5) is 5.69 Å². The maximum Gasteiger partial charge on any atom is 0.326 e. The summed E-state index contributed by atoms with van der Waals surface area (Å²) < 4.78 is 0. The summed E-state index contributed by atoms with van der Waals surface area (Å²) >= 11 is 0. The number of hydrogen-bond acceptors (Lipinski definition) is 3. The predicted octanol–water partition coefficient (Wildman–Crippen LogP) is 1.34. The number of fused-ring (bicyclic) bond motifs is 1. The van der Waals surface area contributed by atoms with Crippen LogP contribution >= 0.6 is 0 Å². The van der Waals surface area contributed by atoms with E-state index in [1.165, 1.54) is 4.90 Å². The highest BCUT2D eigenvalue weighted by Gasteiger charge is 2.34. The van der Waals surface area contributed by atoms with Crippen LogP contribution in [0.2, 0.25) is 0 Å². The van der Waals surface area contributed by atoms with Gasteiger partial charge in [-0.05, 0) is 43.0 Å². The summed E-state index contributed by atoms with van der Waals surface area (Å²) in [7, 11) is 0. The quantitative estimate of drug-likeness (QED) is 0.842. The molecule has 1 saturated heterocycles. The van der Waals surface area contributed by atoms with Crippen LogP contribution in [0.3, 0.4) is 0 Å². The molecule has 3 rings (SSSR count). The number of nitrogens with zero attached hydrogens (tertiary/aromatic N) is 1. The summed E-state index contributed by atoms with van der Waals surface area (Å²) in [6.45, 7) is 1.43. The fourth-order valence-corrected chi connectivity index (χ4v) is 2.87. The van der Waals surface area contributed by atoms with Gasteiger partial charge in [0.1, 0.15) is 6.04 Å². The Morgan fingerprint density at radius 2 is 2.21 bits per heavy atom. The highest BCUT2D eigenvalue weighted by Crippen LogP contribution is 2.26. The molecule has 1 aromatic carbocycles. The van der Waals surface area contributed by atoms with Gasteiger partial charge in [-0.3, -0.25) is 4.79 Å². The Hall–Kier alpha value is -2.04. The lowest BCUT2D eigenvalue weighted by molar-refractivity contribution is -0.141. The minimum absolute atomic E-state index is 0.167. The third-order valence-electron chi connectivity index (χ3n) is 3.86. The molecule has 0 aliphatic carbocycles. The number of carbonyl (C=O) groups is 2. The number of aliphatic carboxylic acids is 1. The summed E-state index contributed by atoms with van der Waals surface area (Å²) in [5.41, 5.74) is 2.81. The number of benzene rings is 1. The molecule has 0 radical (unpaired) electrons. The summed E-state index contributed by atoms with van der Waals surface area (Å²) in [5.74, 6) is -1.08. The van der Waals surface area contributed by atoms with Gasteiger partial charge in [0, 0.05) is 24.3 Å². The Balaban J connectivity index is 1.85. The van der Waals surface area contributed by atoms with Crippen molar-refractivity contribution in [3.8, 4) is 0 Å². The fourth-order valence-electron chi connectivity index (χ4n) is 2.87. The first kappa shape index (κ1) is 12.0. The third-order valence-corrected chi connectivity index (χ3v) is 3.86. The number of carboxylic acids is 1. The van der Waals surface area contributed by atoms with E-state index in [9.17, 15) is 9.59 Å². The number of nitrogens with one attached hydrogen (secondary N) is 1. The Morgan fingerprint density at radius 3 is 3.00 bits per heavy atom. The zero-order valence-electron chi connectivity index (χ0n) is 10.6. The minimum Gasteiger partial charge on any atom is -0.480 e. The van der Waals surface area contributed by atoms with E-state index in [-0.39, 0.29) is 5.91 Å². The second-order valence-corrected chi connectivity index (χ2v) is 5.04. The van der Waals surface area contributed by atoms with Crippen LogP contribution in [0, 0.1) is 0 Å². The molecule has 0 unspecified atom stereocenters. The number of rotatable bonds is 2. The highest BCUT2D eigenvalue weighted by atomic mass is 16.4. The Labute approximate surface area is 111 Å². The van der Waals surface area contributed by atoms with Crippen molar-refractivity contribution in [2.24, 2.45) is 0 Å². The average molecular weight is 260 g/mol. The van der Waals surface area contributed by atoms with Gasteiger partial charge in [0.25, 0.3) is 5.91 Å². The first-order valence-electron chi connectivity index (χ1n) is 6.57. The second-order valence-electron chi connectivity index (χ2n) is 5.04. The van der Waals surface area contributed by atoms with Crippen LogP contribution in [0.1, 0.15) is 28.8 Å². The van der Waals surface area contributed by atoms with E-state index in [1.54, 1.807) is 6.07 Å². The Morgan fingerprint density at radius 1 is 1.37 bits per heavy atom. The first-order valence-corrected chi connectivity index (χ1v) is 6.57. The minimum atomic E-state index is -0.909. The summed E-state index contributed by atoms with van der Waals surface area (Å²) in [4.78, 5) is 25.0. The maximum atomic E-state index is 12.4. The molecule has 0 aromatic heterocycles. The molecule has 1 atom stereocenters. The average Bonchev–Trinajstić information content (AvgIpc) is 3.05. The molecular weight excluding hydrogens is 244 g/mol. The van der Waals surface area contributed by atoms with Crippen molar-refractivity contribution < 1.29 is 14.7 Å². The maximum absolute atomic E-state index is 12.4. The van der Waals surface area contributed by atoms with Gasteiger partial charge in [0.2, 0.25) is 0 Å². The molecule has 0 saturated carbocycles. The second kappa shape index (κ2) is 4.57. The molecule has 100 valence electrons. The number of amides is 1. The Kier molecular flexibility index (Phi) is 2.89. The van der Waals surface area contributed by atoms with Crippen molar-refractivity contribution >= 4 is 17.6 Å². The molecular formula is C14H16N2O3. The molecule has 0 bridgehead atoms. The van der Waals surface area contributed by atoms with Crippen molar-refractivity contribution in [3.63, 3.8) is 0 Å². The van der Waals surface area contributed by atoms with Crippen LogP contribution in [-0.4, -0.2) is 41.0 Å². The molecule has 0 spiro atoms. The lowest BCUT2D eigenvalue weighted by Gasteiger charge is -2.21. The molecule has 5 nitrogen and oxygen atoms in total. The third kappa shape index (κ3) is 2.05. The number of likely N-dealkylation sites (tertiary alicyclic amines) is 1. The lowest BCUT2D eigenvalue weighted by Crippen LogP contribution is -2.40. The van der Waals surface area contributed by atoms with Crippen molar-refractivity contribution in [2.45, 2.75) is 25.3 Å². The van der Waals surface area contributed by atoms with E-state index < -0.39 is 12.0 Å². The number of carbonyl (C=O) groups excluding carboxylic acids is 1. The fraction of sp³-hybridized carbons (Fsp3) is 0.429. The van der Waals surface area contributed by atoms with Crippen LogP contribution in [0.5, 0.6) is 0 Å². The summed E-state index contributed by atoms with van der Waals surface area (Å²) in [6, 6.07) is 4.89. The first-order chi connectivity index (χ1) is 9.16. The Bertz CT molecular complexity index is 541. The van der Waals surface area contributed by atoms with Gasteiger partial charge in [-0.1, -0.05) is 0 Å².